The summed E-state index contributed by atoms with van der Waals surface area (Å²) in [5, 5.41) is 3.64. The zero-order chi connectivity index (χ0) is 11.4. The van der Waals surface area contributed by atoms with E-state index in [1.807, 2.05) is 0 Å². The van der Waals surface area contributed by atoms with E-state index in [2.05, 4.69) is 39.9 Å². The highest BCUT2D eigenvalue weighted by atomic mass is 16.5. The highest BCUT2D eigenvalue weighted by Gasteiger charge is 2.31. The standard InChI is InChI=1S/C13H27NO/c1-6-14-13(9(2)3)12-7-10(4)15-11(5)8-12/h9-14H,6-8H2,1-5H3. The molecule has 0 saturated carbocycles. The van der Waals surface area contributed by atoms with Gasteiger partial charge in [0.15, 0.2) is 0 Å². The molecule has 0 amide bonds. The average Bonchev–Trinajstić information content (AvgIpc) is 2.11. The zero-order valence-electron chi connectivity index (χ0n) is 10.9. The molecule has 1 aliphatic rings. The first-order valence-corrected chi connectivity index (χ1v) is 6.43. The molecule has 2 nitrogen and oxygen atoms in total. The third kappa shape index (κ3) is 3.76. The maximum atomic E-state index is 5.80. The Kier molecular flexibility index (Phi) is 5.07. The van der Waals surface area contributed by atoms with Gasteiger partial charge < -0.3 is 10.1 Å². The van der Waals surface area contributed by atoms with Gasteiger partial charge >= 0.3 is 0 Å². The normalized spacial score (nSPS) is 34.4. The molecule has 0 radical (unpaired) electrons. The minimum Gasteiger partial charge on any atom is -0.376 e. The van der Waals surface area contributed by atoms with Gasteiger partial charge in [-0.3, -0.25) is 0 Å². The summed E-state index contributed by atoms with van der Waals surface area (Å²) < 4.78 is 5.80. The molecular weight excluding hydrogens is 186 g/mol. The zero-order valence-corrected chi connectivity index (χ0v) is 10.9. The van der Waals surface area contributed by atoms with Crippen molar-refractivity contribution in [2.24, 2.45) is 11.8 Å². The van der Waals surface area contributed by atoms with E-state index >= 15 is 0 Å². The van der Waals surface area contributed by atoms with E-state index < -0.39 is 0 Å². The van der Waals surface area contributed by atoms with Crippen LogP contribution in [0, 0.1) is 11.8 Å². The summed E-state index contributed by atoms with van der Waals surface area (Å²) in [6, 6.07) is 0.656. The molecule has 0 aromatic rings. The van der Waals surface area contributed by atoms with Crippen LogP contribution in [0.2, 0.25) is 0 Å². The van der Waals surface area contributed by atoms with Gasteiger partial charge in [-0.1, -0.05) is 20.8 Å². The smallest absolute Gasteiger partial charge is 0.0553 e. The van der Waals surface area contributed by atoms with Crippen LogP contribution < -0.4 is 5.32 Å². The molecule has 0 aliphatic carbocycles. The fourth-order valence-corrected chi connectivity index (χ4v) is 2.93. The van der Waals surface area contributed by atoms with Crippen LogP contribution in [0.4, 0.5) is 0 Å². The molecular formula is C13H27NO. The number of ether oxygens (including phenoxy) is 1. The van der Waals surface area contributed by atoms with Gasteiger partial charge in [0, 0.05) is 6.04 Å². The Hall–Kier alpha value is -0.0800. The maximum Gasteiger partial charge on any atom is 0.0553 e. The molecule has 1 rings (SSSR count). The molecule has 0 bridgehead atoms. The summed E-state index contributed by atoms with van der Waals surface area (Å²) >= 11 is 0. The van der Waals surface area contributed by atoms with Gasteiger partial charge in [-0.15, -0.1) is 0 Å². The fraction of sp³-hybridized carbons (Fsp3) is 1.00. The van der Waals surface area contributed by atoms with Crippen LogP contribution in [0.3, 0.4) is 0 Å². The Balaban J connectivity index is 2.57. The van der Waals surface area contributed by atoms with Gasteiger partial charge in [-0.05, 0) is 45.1 Å². The minimum absolute atomic E-state index is 0.429. The Morgan fingerprint density at radius 1 is 1.20 bits per heavy atom. The van der Waals surface area contributed by atoms with E-state index in [9.17, 15) is 0 Å². The second-order valence-electron chi connectivity index (χ2n) is 5.32. The van der Waals surface area contributed by atoms with E-state index in [1.165, 1.54) is 12.8 Å². The van der Waals surface area contributed by atoms with Gasteiger partial charge in [0.1, 0.15) is 0 Å². The van der Waals surface area contributed by atoms with Crippen molar-refractivity contribution in [3.8, 4) is 0 Å². The lowest BCUT2D eigenvalue weighted by atomic mass is 9.81. The van der Waals surface area contributed by atoms with Gasteiger partial charge in [-0.2, -0.15) is 0 Å². The second-order valence-corrected chi connectivity index (χ2v) is 5.32. The summed E-state index contributed by atoms with van der Waals surface area (Å²) in [5.74, 6) is 1.50. The Morgan fingerprint density at radius 3 is 2.13 bits per heavy atom. The van der Waals surface area contributed by atoms with Gasteiger partial charge in [0.2, 0.25) is 0 Å². The quantitative estimate of drug-likeness (QED) is 0.775. The molecule has 2 heteroatoms. The fourth-order valence-electron chi connectivity index (χ4n) is 2.93. The molecule has 1 aliphatic heterocycles. The molecule has 3 atom stereocenters. The van der Waals surface area contributed by atoms with Crippen molar-refractivity contribution >= 4 is 0 Å². The number of hydrogen-bond acceptors (Lipinski definition) is 2. The topological polar surface area (TPSA) is 21.3 Å². The summed E-state index contributed by atoms with van der Waals surface area (Å²) in [4.78, 5) is 0. The molecule has 1 N–H and O–H groups in total. The van der Waals surface area contributed by atoms with Gasteiger partial charge in [0.05, 0.1) is 12.2 Å². The van der Waals surface area contributed by atoms with Crippen LogP contribution >= 0.6 is 0 Å². The van der Waals surface area contributed by atoms with Crippen molar-refractivity contribution in [1.29, 1.82) is 0 Å². The highest BCUT2D eigenvalue weighted by Crippen LogP contribution is 2.30. The summed E-state index contributed by atoms with van der Waals surface area (Å²) in [5.41, 5.74) is 0. The maximum absolute atomic E-state index is 5.80. The lowest BCUT2D eigenvalue weighted by molar-refractivity contribution is -0.0617. The Labute approximate surface area is 94.8 Å². The second kappa shape index (κ2) is 5.86. The van der Waals surface area contributed by atoms with Gasteiger partial charge in [-0.25, -0.2) is 0 Å². The Bertz CT molecular complexity index is 171. The van der Waals surface area contributed by atoms with E-state index in [0.717, 1.165) is 12.5 Å². The minimum atomic E-state index is 0.429. The molecule has 1 saturated heterocycles. The van der Waals surface area contributed by atoms with Crippen molar-refractivity contribution in [3.05, 3.63) is 0 Å². The van der Waals surface area contributed by atoms with Crippen molar-refractivity contribution in [2.75, 3.05) is 6.54 Å². The largest absolute Gasteiger partial charge is 0.376 e. The Morgan fingerprint density at radius 2 is 1.73 bits per heavy atom. The third-order valence-electron chi connectivity index (χ3n) is 3.40. The summed E-state index contributed by atoms with van der Waals surface area (Å²) in [6.07, 6.45) is 3.28. The average molecular weight is 213 g/mol. The predicted octanol–water partition coefficient (Wildman–Crippen LogP) is 2.82. The van der Waals surface area contributed by atoms with Crippen LogP contribution in [0.15, 0.2) is 0 Å². The molecule has 90 valence electrons. The molecule has 0 aromatic carbocycles. The molecule has 0 spiro atoms. The van der Waals surface area contributed by atoms with E-state index in [-0.39, 0.29) is 0 Å². The number of hydrogen-bond donors (Lipinski definition) is 1. The highest BCUT2D eigenvalue weighted by molar-refractivity contribution is 4.84. The first kappa shape index (κ1) is 13.0. The first-order chi connectivity index (χ1) is 7.04. The predicted molar refractivity (Wildman–Crippen MR) is 65.0 cm³/mol. The van der Waals surface area contributed by atoms with Crippen molar-refractivity contribution in [3.63, 3.8) is 0 Å². The molecule has 1 fully saturated rings. The molecule has 3 unspecified atom stereocenters. The van der Waals surface area contributed by atoms with Crippen molar-refractivity contribution in [2.45, 2.75) is 65.7 Å². The van der Waals surface area contributed by atoms with Crippen LogP contribution in [-0.4, -0.2) is 24.8 Å². The van der Waals surface area contributed by atoms with E-state index in [4.69, 9.17) is 4.74 Å². The number of rotatable bonds is 4. The van der Waals surface area contributed by atoms with Gasteiger partial charge in [0.25, 0.3) is 0 Å². The van der Waals surface area contributed by atoms with Crippen LogP contribution in [0.1, 0.15) is 47.5 Å². The summed E-state index contributed by atoms with van der Waals surface area (Å²) in [6.45, 7) is 12.3. The number of nitrogens with one attached hydrogen (secondary N) is 1. The third-order valence-corrected chi connectivity index (χ3v) is 3.40. The van der Waals surface area contributed by atoms with Crippen LogP contribution in [0.5, 0.6) is 0 Å². The van der Waals surface area contributed by atoms with Crippen LogP contribution in [-0.2, 0) is 4.74 Å². The van der Waals surface area contributed by atoms with E-state index in [0.29, 0.717) is 24.2 Å². The SMILES string of the molecule is CCNC(C(C)C)C1CC(C)OC(C)C1. The molecule has 0 aromatic heterocycles. The molecule has 15 heavy (non-hydrogen) atoms. The lowest BCUT2D eigenvalue weighted by Crippen LogP contribution is -2.45. The lowest BCUT2D eigenvalue weighted by Gasteiger charge is -2.38. The monoisotopic (exact) mass is 213 g/mol. The first-order valence-electron chi connectivity index (χ1n) is 6.43. The molecule has 1 heterocycles. The van der Waals surface area contributed by atoms with E-state index in [1.54, 1.807) is 0 Å². The van der Waals surface area contributed by atoms with Crippen LogP contribution in [0.25, 0.3) is 0 Å². The van der Waals surface area contributed by atoms with Crippen molar-refractivity contribution < 1.29 is 4.74 Å². The summed E-state index contributed by atoms with van der Waals surface area (Å²) in [7, 11) is 0. The van der Waals surface area contributed by atoms with Crippen molar-refractivity contribution in [1.82, 2.24) is 5.32 Å².